The highest BCUT2D eigenvalue weighted by molar-refractivity contribution is 6.04. The summed E-state index contributed by atoms with van der Waals surface area (Å²) in [6, 6.07) is 18.1. The molecule has 0 spiro atoms. The van der Waals surface area contributed by atoms with Gasteiger partial charge in [-0.2, -0.15) is 0 Å². The summed E-state index contributed by atoms with van der Waals surface area (Å²) in [5.74, 6) is -4.32. The Morgan fingerprint density at radius 3 is 2.20 bits per heavy atom. The Kier molecular flexibility index (Phi) is 5.69. The van der Waals surface area contributed by atoms with Crippen LogP contribution in [0.5, 0.6) is 5.75 Å². The highest BCUT2D eigenvalue weighted by Crippen LogP contribution is 2.39. The summed E-state index contributed by atoms with van der Waals surface area (Å²) < 4.78 is 5.25. The predicted molar refractivity (Wildman–Crippen MR) is 106 cm³/mol. The molecule has 3 rings (SSSR count). The molecule has 1 atom stereocenters. The molecule has 0 aliphatic rings. The molecule has 1 unspecified atom stereocenters. The van der Waals surface area contributed by atoms with E-state index in [2.05, 4.69) is 6.58 Å². The van der Waals surface area contributed by atoms with Gasteiger partial charge in [-0.3, -0.25) is 4.79 Å². The molecule has 30 heavy (non-hydrogen) atoms. The number of carboxylic acid groups (broad SMARTS) is 2. The van der Waals surface area contributed by atoms with Crippen molar-refractivity contribution >= 4 is 28.7 Å². The van der Waals surface area contributed by atoms with Crippen LogP contribution in [0.15, 0.2) is 78.9 Å². The molecular formula is C24H18O6-2. The van der Waals surface area contributed by atoms with Crippen LogP contribution < -0.4 is 14.9 Å². The molecule has 152 valence electrons. The van der Waals surface area contributed by atoms with E-state index < -0.39 is 35.3 Å². The van der Waals surface area contributed by atoms with Gasteiger partial charge in [0.25, 0.3) is 0 Å². The Labute approximate surface area is 173 Å². The summed E-state index contributed by atoms with van der Waals surface area (Å²) in [7, 11) is 0. The fourth-order valence-corrected chi connectivity index (χ4v) is 3.43. The van der Waals surface area contributed by atoms with Crippen LogP contribution in [0, 0.1) is 6.92 Å². The minimum atomic E-state index is -2.37. The Morgan fingerprint density at radius 2 is 1.57 bits per heavy atom. The molecule has 0 radical (unpaired) electrons. The van der Waals surface area contributed by atoms with Crippen molar-refractivity contribution in [2.75, 3.05) is 0 Å². The molecule has 0 heterocycles. The summed E-state index contributed by atoms with van der Waals surface area (Å²) in [5, 5.41) is 25.2. The van der Waals surface area contributed by atoms with Gasteiger partial charge in [0.1, 0.15) is 5.75 Å². The zero-order chi connectivity index (χ0) is 21.9. The Morgan fingerprint density at radius 1 is 0.933 bits per heavy atom. The van der Waals surface area contributed by atoms with E-state index in [4.69, 9.17) is 4.74 Å². The average Bonchev–Trinajstić information content (AvgIpc) is 2.72. The number of hydrogen-bond donors (Lipinski definition) is 0. The zero-order valence-electron chi connectivity index (χ0n) is 16.2. The van der Waals surface area contributed by atoms with Gasteiger partial charge in [-0.25, -0.2) is 0 Å². The van der Waals surface area contributed by atoms with E-state index >= 15 is 0 Å². The summed E-state index contributed by atoms with van der Waals surface area (Å²) in [6.07, 6.45) is -0.829. The van der Waals surface area contributed by atoms with E-state index in [0.29, 0.717) is 10.8 Å². The van der Waals surface area contributed by atoms with E-state index in [-0.39, 0.29) is 11.3 Å². The van der Waals surface area contributed by atoms with Crippen molar-refractivity contribution in [1.29, 1.82) is 0 Å². The fourth-order valence-electron chi connectivity index (χ4n) is 3.43. The first-order valence-electron chi connectivity index (χ1n) is 9.13. The molecular weight excluding hydrogens is 384 g/mol. The van der Waals surface area contributed by atoms with E-state index in [1.807, 2.05) is 6.92 Å². The van der Waals surface area contributed by atoms with Gasteiger partial charge in [-0.15, -0.1) is 0 Å². The van der Waals surface area contributed by atoms with Crippen molar-refractivity contribution in [3.63, 3.8) is 0 Å². The zero-order valence-corrected chi connectivity index (χ0v) is 16.2. The number of carbonyl (C=O) groups is 3. The summed E-state index contributed by atoms with van der Waals surface area (Å²) in [5.41, 5.74) is -2.16. The van der Waals surface area contributed by atoms with Gasteiger partial charge in [-0.05, 0) is 41.0 Å². The average molecular weight is 402 g/mol. The second kappa shape index (κ2) is 8.21. The first-order valence-corrected chi connectivity index (χ1v) is 9.13. The first kappa shape index (κ1) is 20.8. The van der Waals surface area contributed by atoms with Gasteiger partial charge in [-0.1, -0.05) is 66.7 Å². The van der Waals surface area contributed by atoms with Crippen LogP contribution in [0.1, 0.15) is 17.5 Å². The summed E-state index contributed by atoms with van der Waals surface area (Å²) in [6.45, 7) is 5.27. The number of carboxylic acids is 2. The molecule has 0 aromatic heterocycles. The first-order chi connectivity index (χ1) is 14.3. The topological polar surface area (TPSA) is 107 Å². The maximum absolute atomic E-state index is 12.7. The molecule has 0 bridgehead atoms. The molecule has 6 heteroatoms. The Balaban J connectivity index is 2.13. The SMILES string of the molecule is C=C(C(=O)[O-])C(CC(=O)Oc1ccc(C)cc1)(C(=O)[O-])c1cccc2ccccc12. The molecule has 0 fully saturated rings. The number of aryl methyl sites for hydroxylation is 1. The standard InChI is InChI=1S/C24H20O6/c1-15-10-12-18(13-11-15)30-21(25)14-24(23(28)29,16(2)22(26)27)20-9-5-7-17-6-3-4-8-19(17)20/h3-13H,2,14H2,1H3,(H,26,27)(H,28,29)/p-2. The van der Waals surface area contributed by atoms with Gasteiger partial charge in [0.15, 0.2) is 0 Å². The molecule has 3 aromatic rings. The number of carbonyl (C=O) groups excluding carboxylic acids is 3. The van der Waals surface area contributed by atoms with E-state index in [0.717, 1.165) is 5.56 Å². The lowest BCUT2D eigenvalue weighted by Gasteiger charge is -2.37. The van der Waals surface area contributed by atoms with Crippen molar-refractivity contribution in [2.24, 2.45) is 0 Å². The van der Waals surface area contributed by atoms with Gasteiger partial charge >= 0.3 is 5.97 Å². The Hall–Kier alpha value is -3.93. The molecule has 3 aromatic carbocycles. The highest BCUT2D eigenvalue weighted by Gasteiger charge is 2.41. The normalized spacial score (nSPS) is 12.7. The second-order valence-electron chi connectivity index (χ2n) is 6.95. The van der Waals surface area contributed by atoms with E-state index in [1.54, 1.807) is 60.7 Å². The maximum atomic E-state index is 12.7. The monoisotopic (exact) mass is 402 g/mol. The number of rotatable bonds is 7. The van der Waals surface area contributed by atoms with E-state index in [9.17, 15) is 24.6 Å². The number of benzene rings is 3. The van der Waals surface area contributed by atoms with Crippen molar-refractivity contribution < 1.29 is 29.3 Å². The molecule has 6 nitrogen and oxygen atoms in total. The fraction of sp³-hybridized carbons (Fsp3) is 0.125. The van der Waals surface area contributed by atoms with Gasteiger partial charge in [0.05, 0.1) is 23.8 Å². The Bertz CT molecular complexity index is 1140. The van der Waals surface area contributed by atoms with Gasteiger partial charge in [0, 0.05) is 0 Å². The van der Waals surface area contributed by atoms with Crippen LogP contribution in [-0.2, 0) is 19.8 Å². The van der Waals surface area contributed by atoms with Crippen LogP contribution in [0.25, 0.3) is 10.8 Å². The number of hydrogen-bond acceptors (Lipinski definition) is 6. The van der Waals surface area contributed by atoms with Crippen molar-refractivity contribution in [3.8, 4) is 5.75 Å². The van der Waals surface area contributed by atoms with Crippen molar-refractivity contribution in [1.82, 2.24) is 0 Å². The lowest BCUT2D eigenvalue weighted by Crippen LogP contribution is -2.52. The third kappa shape index (κ3) is 3.80. The third-order valence-corrected chi connectivity index (χ3v) is 5.02. The van der Waals surface area contributed by atoms with Crippen LogP contribution in [0.4, 0.5) is 0 Å². The highest BCUT2D eigenvalue weighted by atomic mass is 16.5. The molecule has 0 N–H and O–H groups in total. The lowest BCUT2D eigenvalue weighted by molar-refractivity contribution is -0.317. The predicted octanol–water partition coefficient (Wildman–Crippen LogP) is 1.44. The number of fused-ring (bicyclic) bond motifs is 1. The minimum absolute atomic E-state index is 0.0654. The number of ether oxygens (including phenoxy) is 1. The van der Waals surface area contributed by atoms with Crippen LogP contribution in [0.3, 0.4) is 0 Å². The van der Waals surface area contributed by atoms with Crippen molar-refractivity contribution in [3.05, 3.63) is 90.0 Å². The summed E-state index contributed by atoms with van der Waals surface area (Å²) >= 11 is 0. The molecule has 0 aliphatic carbocycles. The van der Waals surface area contributed by atoms with Crippen LogP contribution >= 0.6 is 0 Å². The molecule has 0 aliphatic heterocycles. The number of aliphatic carboxylic acids is 2. The maximum Gasteiger partial charge on any atom is 0.312 e. The number of esters is 1. The van der Waals surface area contributed by atoms with Crippen LogP contribution in [-0.4, -0.2) is 17.9 Å². The lowest BCUT2D eigenvalue weighted by atomic mass is 9.70. The molecule has 0 amide bonds. The minimum Gasteiger partial charge on any atom is -0.549 e. The van der Waals surface area contributed by atoms with Gasteiger partial charge < -0.3 is 24.5 Å². The second-order valence-corrected chi connectivity index (χ2v) is 6.95. The quantitative estimate of drug-likeness (QED) is 0.336. The van der Waals surface area contributed by atoms with Crippen LogP contribution in [0.2, 0.25) is 0 Å². The largest absolute Gasteiger partial charge is 0.549 e. The smallest absolute Gasteiger partial charge is 0.312 e. The molecule has 0 saturated carbocycles. The van der Waals surface area contributed by atoms with Gasteiger partial charge in [0.2, 0.25) is 0 Å². The van der Waals surface area contributed by atoms with Crippen molar-refractivity contribution in [2.45, 2.75) is 18.8 Å². The molecule has 0 saturated heterocycles. The summed E-state index contributed by atoms with van der Waals surface area (Å²) in [4.78, 5) is 36.7. The van der Waals surface area contributed by atoms with E-state index in [1.165, 1.54) is 6.07 Å². The third-order valence-electron chi connectivity index (χ3n) is 5.02.